The van der Waals surface area contributed by atoms with Crippen molar-refractivity contribution in [2.45, 2.75) is 264 Å². The van der Waals surface area contributed by atoms with E-state index < -0.39 is 5.97 Å². The number of carbonyl (C=O) groups is 2. The third-order valence-corrected chi connectivity index (χ3v) is 10.4. The van der Waals surface area contributed by atoms with Gasteiger partial charge in [-0.25, -0.2) is 0 Å². The van der Waals surface area contributed by atoms with E-state index in [2.05, 4.69) is 19.1 Å². The number of aliphatic carboxylic acids is 1. The fraction of sp³-hybridized carbons (Fsp3) is 0.913. The number of hydrogen-bond donors (Lipinski definition) is 1. The summed E-state index contributed by atoms with van der Waals surface area (Å²) < 4.78 is 5.45. The highest BCUT2D eigenvalue weighted by atomic mass is 16.5. The average Bonchev–Trinajstić information content (AvgIpc) is 3.11. The molecule has 0 aliphatic carbocycles. The third kappa shape index (κ3) is 44.7. The molecule has 0 atom stereocenters. The van der Waals surface area contributed by atoms with Crippen molar-refractivity contribution < 1.29 is 19.4 Å². The number of carboxylic acid groups (broad SMARTS) is 1. The second-order valence-electron chi connectivity index (χ2n) is 15.5. The molecule has 0 fully saturated rings. The molecule has 0 aromatic heterocycles. The molecule has 0 saturated heterocycles. The Hall–Kier alpha value is -1.32. The van der Waals surface area contributed by atoms with Crippen molar-refractivity contribution in [1.82, 2.24) is 0 Å². The van der Waals surface area contributed by atoms with Crippen molar-refractivity contribution in [3.05, 3.63) is 12.2 Å². The largest absolute Gasteiger partial charge is 0.481 e. The molecule has 1 N–H and O–H groups in total. The summed E-state index contributed by atoms with van der Waals surface area (Å²) in [5, 5.41) is 8.65. The van der Waals surface area contributed by atoms with Gasteiger partial charge in [0, 0.05) is 12.8 Å². The molecule has 296 valence electrons. The van der Waals surface area contributed by atoms with Gasteiger partial charge in [-0.05, 0) is 44.9 Å². The van der Waals surface area contributed by atoms with Gasteiger partial charge in [-0.15, -0.1) is 0 Å². The molecule has 0 saturated carbocycles. The summed E-state index contributed by atoms with van der Waals surface area (Å²) in [4.78, 5) is 22.5. The number of ether oxygens (including phenoxy) is 1. The quantitative estimate of drug-likeness (QED) is 0.0390. The van der Waals surface area contributed by atoms with Crippen LogP contribution in [0, 0.1) is 0 Å². The molecule has 0 unspecified atom stereocenters. The van der Waals surface area contributed by atoms with Gasteiger partial charge in [0.05, 0.1) is 6.61 Å². The highest BCUT2D eigenvalue weighted by Crippen LogP contribution is 2.17. The Bertz CT molecular complexity index is 702. The second kappa shape index (κ2) is 43.8. The summed E-state index contributed by atoms with van der Waals surface area (Å²) in [5.41, 5.74) is 0. The predicted molar refractivity (Wildman–Crippen MR) is 218 cm³/mol. The molecule has 0 aromatic rings. The van der Waals surface area contributed by atoms with Gasteiger partial charge in [0.2, 0.25) is 0 Å². The molecule has 0 heterocycles. The molecule has 4 heteroatoms. The number of carbonyl (C=O) groups excluding carboxylic acids is 1. The maximum Gasteiger partial charge on any atom is 0.305 e. The number of unbranched alkanes of at least 4 members (excludes halogenated alkanes) is 35. The lowest BCUT2D eigenvalue weighted by molar-refractivity contribution is -0.144. The second-order valence-corrected chi connectivity index (χ2v) is 15.5. The Kier molecular flexibility index (Phi) is 42.7. The summed E-state index contributed by atoms with van der Waals surface area (Å²) in [7, 11) is 0. The fourth-order valence-corrected chi connectivity index (χ4v) is 7.04. The fourth-order valence-electron chi connectivity index (χ4n) is 7.04. The minimum atomic E-state index is -0.654. The van der Waals surface area contributed by atoms with Crippen molar-refractivity contribution in [2.24, 2.45) is 0 Å². The Morgan fingerprint density at radius 2 is 0.660 bits per heavy atom. The van der Waals surface area contributed by atoms with Crippen molar-refractivity contribution >= 4 is 11.9 Å². The topological polar surface area (TPSA) is 63.6 Å². The van der Waals surface area contributed by atoms with E-state index in [4.69, 9.17) is 9.84 Å². The summed E-state index contributed by atoms with van der Waals surface area (Å²) in [6.45, 7) is 2.88. The van der Waals surface area contributed by atoms with Gasteiger partial charge in [-0.2, -0.15) is 0 Å². The molecule has 0 bridgehead atoms. The molecule has 0 spiro atoms. The van der Waals surface area contributed by atoms with Crippen LogP contribution < -0.4 is 0 Å². The molecule has 4 nitrogen and oxygen atoms in total. The van der Waals surface area contributed by atoms with Crippen LogP contribution >= 0.6 is 0 Å². The lowest BCUT2D eigenvalue weighted by Gasteiger charge is -2.06. The Labute approximate surface area is 313 Å². The summed E-state index contributed by atoms with van der Waals surface area (Å²) in [5.74, 6) is -0.643. The van der Waals surface area contributed by atoms with Crippen LogP contribution in [0.5, 0.6) is 0 Å². The minimum absolute atomic E-state index is 0.0109. The monoisotopic (exact) mass is 705 g/mol. The van der Waals surface area contributed by atoms with Gasteiger partial charge in [-0.1, -0.05) is 218 Å². The van der Waals surface area contributed by atoms with Gasteiger partial charge >= 0.3 is 11.9 Å². The zero-order valence-corrected chi connectivity index (χ0v) is 33.8. The zero-order chi connectivity index (χ0) is 36.3. The molecule has 0 aromatic carbocycles. The van der Waals surface area contributed by atoms with E-state index in [1.165, 1.54) is 212 Å². The van der Waals surface area contributed by atoms with Crippen molar-refractivity contribution in [3.8, 4) is 0 Å². The van der Waals surface area contributed by atoms with Gasteiger partial charge in [0.25, 0.3) is 0 Å². The summed E-state index contributed by atoms with van der Waals surface area (Å²) in [6.07, 6.45) is 55.5. The Morgan fingerprint density at radius 3 is 1.00 bits per heavy atom. The van der Waals surface area contributed by atoms with E-state index in [0.717, 1.165) is 32.1 Å². The lowest BCUT2D eigenvalue weighted by atomic mass is 10.0. The number of esters is 1. The van der Waals surface area contributed by atoms with E-state index in [1.807, 2.05) is 0 Å². The van der Waals surface area contributed by atoms with Crippen LogP contribution in [0.4, 0.5) is 0 Å². The number of hydrogen-bond acceptors (Lipinski definition) is 3. The normalized spacial score (nSPS) is 11.5. The van der Waals surface area contributed by atoms with Crippen molar-refractivity contribution in [2.75, 3.05) is 6.61 Å². The first-order chi connectivity index (χ1) is 24.7. The molecular weight excluding hydrogens is 617 g/mol. The maximum atomic E-state index is 12.0. The number of allylic oxidation sites excluding steroid dienone is 2. The van der Waals surface area contributed by atoms with Gasteiger partial charge < -0.3 is 9.84 Å². The molecule has 0 rings (SSSR count). The van der Waals surface area contributed by atoms with E-state index in [9.17, 15) is 9.59 Å². The molecule has 0 radical (unpaired) electrons. The van der Waals surface area contributed by atoms with E-state index in [1.54, 1.807) is 0 Å². The highest BCUT2D eigenvalue weighted by molar-refractivity contribution is 5.69. The standard InChI is InChI=1S/C46H88O4/c1-2-3-4-5-6-7-8-24-28-31-34-37-40-43-46(49)50-44-41-38-35-32-29-26-23-21-19-17-15-13-11-9-10-12-14-16-18-20-22-25-27-30-33-36-39-42-45(47)48/h7-8H,2-6,9-44H2,1H3,(H,47,48)/b8-7-. The van der Waals surface area contributed by atoms with Crippen LogP contribution in [0.1, 0.15) is 264 Å². The first-order valence-electron chi connectivity index (χ1n) is 22.7. The van der Waals surface area contributed by atoms with Gasteiger partial charge in [0.15, 0.2) is 0 Å². The van der Waals surface area contributed by atoms with Crippen LogP contribution in [0.15, 0.2) is 12.2 Å². The van der Waals surface area contributed by atoms with Crippen LogP contribution in [0.25, 0.3) is 0 Å². The van der Waals surface area contributed by atoms with Gasteiger partial charge in [-0.3, -0.25) is 9.59 Å². The van der Waals surface area contributed by atoms with Crippen molar-refractivity contribution in [1.29, 1.82) is 0 Å². The predicted octanol–water partition coefficient (Wildman–Crippen LogP) is 15.8. The number of carboxylic acids is 1. The molecule has 50 heavy (non-hydrogen) atoms. The van der Waals surface area contributed by atoms with Crippen LogP contribution in [-0.2, 0) is 14.3 Å². The zero-order valence-electron chi connectivity index (χ0n) is 33.8. The smallest absolute Gasteiger partial charge is 0.305 e. The SMILES string of the molecule is CCCCCC/C=C\CCCCCCCC(=O)OCCCCCCCCCCCCCCCCCCCCCCCCCCCCCC(=O)O. The third-order valence-electron chi connectivity index (χ3n) is 10.4. The van der Waals surface area contributed by atoms with E-state index in [0.29, 0.717) is 19.4 Å². The molecular formula is C46H88O4. The highest BCUT2D eigenvalue weighted by Gasteiger charge is 2.03. The minimum Gasteiger partial charge on any atom is -0.481 e. The average molecular weight is 705 g/mol. The lowest BCUT2D eigenvalue weighted by Crippen LogP contribution is -2.05. The van der Waals surface area contributed by atoms with Crippen LogP contribution in [0.2, 0.25) is 0 Å². The van der Waals surface area contributed by atoms with E-state index >= 15 is 0 Å². The molecule has 0 aliphatic heterocycles. The Balaban J connectivity index is 3.15. The Morgan fingerprint density at radius 1 is 0.380 bits per heavy atom. The number of rotatable bonds is 43. The van der Waals surface area contributed by atoms with Gasteiger partial charge in [0.1, 0.15) is 0 Å². The van der Waals surface area contributed by atoms with Crippen molar-refractivity contribution in [3.63, 3.8) is 0 Å². The van der Waals surface area contributed by atoms with Crippen LogP contribution in [0.3, 0.4) is 0 Å². The first-order valence-corrected chi connectivity index (χ1v) is 22.7. The summed E-state index contributed by atoms with van der Waals surface area (Å²) >= 11 is 0. The molecule has 0 amide bonds. The van der Waals surface area contributed by atoms with Crippen LogP contribution in [-0.4, -0.2) is 23.7 Å². The summed E-state index contributed by atoms with van der Waals surface area (Å²) in [6, 6.07) is 0. The maximum absolute atomic E-state index is 12.0. The molecule has 0 aliphatic rings. The first kappa shape index (κ1) is 48.7. The van der Waals surface area contributed by atoms with E-state index in [-0.39, 0.29) is 5.97 Å².